The second kappa shape index (κ2) is 10.3. The molecule has 0 aliphatic heterocycles. The van der Waals surface area contributed by atoms with Crippen molar-refractivity contribution in [2.24, 2.45) is 0 Å². The predicted molar refractivity (Wildman–Crippen MR) is 67.4 cm³/mol. The average Bonchev–Trinajstić information content (AvgIpc) is 2.26. The number of ether oxygens (including phenoxy) is 3. The van der Waals surface area contributed by atoms with E-state index < -0.39 is 6.10 Å². The van der Waals surface area contributed by atoms with Crippen molar-refractivity contribution in [3.8, 4) is 0 Å². The van der Waals surface area contributed by atoms with E-state index in [2.05, 4.69) is 0 Å². The molecule has 0 bridgehead atoms. The lowest BCUT2D eigenvalue weighted by Crippen LogP contribution is -2.37. The van der Waals surface area contributed by atoms with Crippen molar-refractivity contribution in [3.63, 3.8) is 0 Å². The molecule has 2 unspecified atom stereocenters. The average molecular weight is 263 g/mol. The second-order valence-corrected chi connectivity index (χ2v) is 4.25. The highest BCUT2D eigenvalue weighted by Crippen LogP contribution is 1.96. The van der Waals surface area contributed by atoms with E-state index in [9.17, 15) is 9.90 Å². The van der Waals surface area contributed by atoms with Crippen LogP contribution < -0.4 is 0 Å². The highest BCUT2D eigenvalue weighted by molar-refractivity contribution is 5.71. The number of carbonyl (C=O) groups excluding carboxylic acids is 1. The van der Waals surface area contributed by atoms with Crippen molar-refractivity contribution in [2.75, 3.05) is 47.1 Å². The van der Waals surface area contributed by atoms with Gasteiger partial charge in [-0.25, -0.2) is 0 Å². The minimum Gasteiger partial charge on any atom is -0.465 e. The van der Waals surface area contributed by atoms with Gasteiger partial charge in [-0.1, -0.05) is 0 Å². The third-order valence-electron chi connectivity index (χ3n) is 2.20. The summed E-state index contributed by atoms with van der Waals surface area (Å²) < 4.78 is 15.1. The van der Waals surface area contributed by atoms with Crippen LogP contribution in [0, 0.1) is 0 Å². The topological polar surface area (TPSA) is 68.2 Å². The van der Waals surface area contributed by atoms with Crippen LogP contribution in [0.2, 0.25) is 0 Å². The van der Waals surface area contributed by atoms with Crippen molar-refractivity contribution in [1.29, 1.82) is 0 Å². The zero-order chi connectivity index (χ0) is 14.0. The summed E-state index contributed by atoms with van der Waals surface area (Å²) in [5.74, 6) is -0.291. The number of carbonyl (C=O) groups is 1. The van der Waals surface area contributed by atoms with Crippen LogP contribution in [-0.2, 0) is 19.0 Å². The molecule has 1 N–H and O–H groups in total. The van der Waals surface area contributed by atoms with Crippen LogP contribution in [0.15, 0.2) is 0 Å². The highest BCUT2D eigenvalue weighted by atomic mass is 16.5. The lowest BCUT2D eigenvalue weighted by molar-refractivity contribution is -0.144. The Bertz CT molecular complexity index is 225. The normalized spacial score (nSPS) is 14.6. The van der Waals surface area contributed by atoms with Crippen LogP contribution in [0.5, 0.6) is 0 Å². The van der Waals surface area contributed by atoms with Gasteiger partial charge in [-0.05, 0) is 20.9 Å². The molecule has 0 amide bonds. The van der Waals surface area contributed by atoms with Gasteiger partial charge in [0.2, 0.25) is 0 Å². The van der Waals surface area contributed by atoms with Crippen molar-refractivity contribution in [3.05, 3.63) is 0 Å². The van der Waals surface area contributed by atoms with E-state index in [1.807, 2.05) is 6.92 Å². The van der Waals surface area contributed by atoms with Gasteiger partial charge >= 0.3 is 5.97 Å². The van der Waals surface area contributed by atoms with Crippen LogP contribution in [0.4, 0.5) is 0 Å². The molecule has 108 valence electrons. The summed E-state index contributed by atoms with van der Waals surface area (Å²) in [5.41, 5.74) is 0. The van der Waals surface area contributed by atoms with Gasteiger partial charge in [0, 0.05) is 13.7 Å². The van der Waals surface area contributed by atoms with E-state index in [1.54, 1.807) is 26.0 Å². The summed E-state index contributed by atoms with van der Waals surface area (Å²) in [6, 6.07) is 0. The number of aliphatic hydroxyl groups excluding tert-OH is 1. The smallest absolute Gasteiger partial charge is 0.320 e. The summed E-state index contributed by atoms with van der Waals surface area (Å²) in [6.45, 7) is 5.24. The second-order valence-electron chi connectivity index (χ2n) is 4.25. The van der Waals surface area contributed by atoms with Gasteiger partial charge in [-0.2, -0.15) is 0 Å². The molecular weight excluding hydrogens is 238 g/mol. The van der Waals surface area contributed by atoms with Gasteiger partial charge in [-0.3, -0.25) is 9.69 Å². The SMILES string of the molecule is CCOC(=O)CN(C)CC(O)COC(C)COC. The van der Waals surface area contributed by atoms with E-state index in [4.69, 9.17) is 14.2 Å². The molecule has 0 aliphatic rings. The Hall–Kier alpha value is -0.690. The number of esters is 1. The maximum atomic E-state index is 11.2. The predicted octanol–water partition coefficient (Wildman–Crippen LogP) is -0.106. The summed E-state index contributed by atoms with van der Waals surface area (Å²) in [5, 5.41) is 9.72. The Kier molecular flexibility index (Phi) is 9.86. The first kappa shape index (κ1) is 17.3. The Balaban J connectivity index is 3.72. The monoisotopic (exact) mass is 263 g/mol. The van der Waals surface area contributed by atoms with Crippen molar-refractivity contribution in [1.82, 2.24) is 4.90 Å². The molecule has 0 heterocycles. The largest absolute Gasteiger partial charge is 0.465 e. The third kappa shape index (κ3) is 9.35. The molecule has 0 rings (SSSR count). The molecule has 18 heavy (non-hydrogen) atoms. The van der Waals surface area contributed by atoms with Gasteiger partial charge in [0.05, 0.1) is 38.6 Å². The number of aliphatic hydroxyl groups is 1. The van der Waals surface area contributed by atoms with Crippen LogP contribution in [-0.4, -0.2) is 75.3 Å². The van der Waals surface area contributed by atoms with E-state index >= 15 is 0 Å². The van der Waals surface area contributed by atoms with Crippen molar-refractivity contribution in [2.45, 2.75) is 26.1 Å². The first-order valence-corrected chi connectivity index (χ1v) is 6.12. The molecule has 0 saturated heterocycles. The first-order chi connectivity index (χ1) is 8.49. The maximum Gasteiger partial charge on any atom is 0.320 e. The lowest BCUT2D eigenvalue weighted by Gasteiger charge is -2.21. The molecule has 0 saturated carbocycles. The highest BCUT2D eigenvalue weighted by Gasteiger charge is 2.13. The lowest BCUT2D eigenvalue weighted by atomic mass is 10.3. The first-order valence-electron chi connectivity index (χ1n) is 6.12. The van der Waals surface area contributed by atoms with Crippen LogP contribution in [0.1, 0.15) is 13.8 Å². The van der Waals surface area contributed by atoms with Crippen LogP contribution in [0.25, 0.3) is 0 Å². The standard InChI is InChI=1S/C12H25NO5/c1-5-17-12(15)7-13(3)6-11(14)9-18-10(2)8-16-4/h10-11,14H,5-9H2,1-4H3. The minimum absolute atomic E-state index is 0.0555. The quantitative estimate of drug-likeness (QED) is 0.555. The summed E-state index contributed by atoms with van der Waals surface area (Å²) in [7, 11) is 3.35. The third-order valence-corrected chi connectivity index (χ3v) is 2.20. The molecule has 0 spiro atoms. The molecule has 0 aromatic carbocycles. The van der Waals surface area contributed by atoms with Crippen LogP contribution >= 0.6 is 0 Å². The molecule has 0 aliphatic carbocycles. The van der Waals surface area contributed by atoms with Crippen LogP contribution in [0.3, 0.4) is 0 Å². The molecule has 0 aromatic rings. The Labute approximate surface area is 109 Å². The number of rotatable bonds is 10. The number of methoxy groups -OCH3 is 1. The van der Waals surface area contributed by atoms with E-state index in [1.165, 1.54) is 0 Å². The Morgan fingerprint density at radius 3 is 2.61 bits per heavy atom. The Morgan fingerprint density at radius 2 is 2.06 bits per heavy atom. The number of likely N-dealkylation sites (N-methyl/N-ethyl adjacent to an activating group) is 1. The maximum absolute atomic E-state index is 11.2. The van der Waals surface area contributed by atoms with Gasteiger partial charge in [0.15, 0.2) is 0 Å². The summed E-state index contributed by atoms with van der Waals surface area (Å²) >= 11 is 0. The zero-order valence-electron chi connectivity index (χ0n) is 11.7. The van der Waals surface area contributed by atoms with E-state index in [0.29, 0.717) is 19.8 Å². The fraction of sp³-hybridized carbons (Fsp3) is 0.917. The molecule has 6 heteroatoms. The molecule has 2 atom stereocenters. The minimum atomic E-state index is -0.635. The number of nitrogens with zero attached hydrogens (tertiary/aromatic N) is 1. The summed E-state index contributed by atoms with van der Waals surface area (Å²) in [4.78, 5) is 12.9. The van der Waals surface area contributed by atoms with E-state index in [0.717, 1.165) is 0 Å². The molecular formula is C12H25NO5. The fourth-order valence-corrected chi connectivity index (χ4v) is 1.46. The van der Waals surface area contributed by atoms with Gasteiger partial charge < -0.3 is 19.3 Å². The van der Waals surface area contributed by atoms with Crippen molar-refractivity contribution >= 4 is 5.97 Å². The zero-order valence-corrected chi connectivity index (χ0v) is 11.7. The fourth-order valence-electron chi connectivity index (χ4n) is 1.46. The molecule has 0 radical (unpaired) electrons. The number of hydrogen-bond donors (Lipinski definition) is 1. The van der Waals surface area contributed by atoms with Crippen molar-refractivity contribution < 1.29 is 24.1 Å². The Morgan fingerprint density at radius 1 is 1.39 bits per heavy atom. The molecule has 6 nitrogen and oxygen atoms in total. The van der Waals surface area contributed by atoms with Gasteiger partial charge in [0.1, 0.15) is 0 Å². The molecule has 0 fully saturated rings. The molecule has 0 aromatic heterocycles. The number of hydrogen-bond acceptors (Lipinski definition) is 6. The van der Waals surface area contributed by atoms with Gasteiger partial charge in [-0.15, -0.1) is 0 Å². The van der Waals surface area contributed by atoms with Gasteiger partial charge in [0.25, 0.3) is 0 Å². The summed E-state index contributed by atoms with van der Waals surface area (Å²) in [6.07, 6.45) is -0.691. The van der Waals surface area contributed by atoms with E-state index in [-0.39, 0.29) is 25.2 Å².